The number of hydrogen-bond donors (Lipinski definition) is 2. The SMILES string of the molecule is OC(COCc1ccccc1)C(OCc1ccccc1)C(OCc1ccccc1)C(O)COCc1ccccc1. The van der Waals surface area contributed by atoms with E-state index in [1.54, 1.807) is 0 Å². The van der Waals surface area contributed by atoms with Crippen molar-refractivity contribution in [2.45, 2.75) is 50.8 Å². The Morgan fingerprint density at radius 3 is 0.975 bits per heavy atom. The van der Waals surface area contributed by atoms with Crippen LogP contribution in [-0.2, 0) is 45.4 Å². The Balaban J connectivity index is 1.47. The van der Waals surface area contributed by atoms with Gasteiger partial charge in [0.15, 0.2) is 0 Å². The van der Waals surface area contributed by atoms with E-state index in [1.807, 2.05) is 121 Å². The fourth-order valence-electron chi connectivity index (χ4n) is 4.32. The van der Waals surface area contributed by atoms with Crippen LogP contribution in [0.4, 0.5) is 0 Å². The van der Waals surface area contributed by atoms with Crippen molar-refractivity contribution < 1.29 is 29.2 Å². The molecule has 0 aromatic heterocycles. The van der Waals surface area contributed by atoms with Crippen LogP contribution in [0, 0.1) is 0 Å². The van der Waals surface area contributed by atoms with Crippen LogP contribution in [-0.4, -0.2) is 47.8 Å². The van der Waals surface area contributed by atoms with Gasteiger partial charge in [0.1, 0.15) is 24.4 Å². The van der Waals surface area contributed by atoms with Crippen molar-refractivity contribution in [3.05, 3.63) is 144 Å². The predicted octanol–water partition coefficient (Wildman–Crippen LogP) is 5.31. The molecule has 0 aliphatic carbocycles. The van der Waals surface area contributed by atoms with Gasteiger partial charge in [-0.2, -0.15) is 0 Å². The number of ether oxygens (including phenoxy) is 4. The first-order valence-corrected chi connectivity index (χ1v) is 13.6. The van der Waals surface area contributed by atoms with Gasteiger partial charge in [-0.3, -0.25) is 0 Å². The summed E-state index contributed by atoms with van der Waals surface area (Å²) in [5.41, 5.74) is 3.90. The van der Waals surface area contributed by atoms with Crippen LogP contribution in [0.5, 0.6) is 0 Å². The lowest BCUT2D eigenvalue weighted by Gasteiger charge is -2.34. The van der Waals surface area contributed by atoms with Crippen molar-refractivity contribution in [3.63, 3.8) is 0 Å². The molecule has 2 N–H and O–H groups in total. The van der Waals surface area contributed by atoms with Crippen LogP contribution in [0.25, 0.3) is 0 Å². The zero-order valence-electron chi connectivity index (χ0n) is 22.6. The van der Waals surface area contributed by atoms with Crippen molar-refractivity contribution in [1.82, 2.24) is 0 Å². The number of aliphatic hydroxyl groups is 2. The minimum absolute atomic E-state index is 0.0111. The highest BCUT2D eigenvalue weighted by Crippen LogP contribution is 2.20. The second-order valence-corrected chi connectivity index (χ2v) is 9.66. The molecule has 4 aromatic carbocycles. The molecule has 0 amide bonds. The van der Waals surface area contributed by atoms with Crippen LogP contribution < -0.4 is 0 Å². The summed E-state index contributed by atoms with van der Waals surface area (Å²) >= 11 is 0. The second-order valence-electron chi connectivity index (χ2n) is 9.66. The Hall–Kier alpha value is -3.36. The molecule has 0 radical (unpaired) electrons. The van der Waals surface area contributed by atoms with E-state index in [2.05, 4.69) is 0 Å². The maximum Gasteiger partial charge on any atom is 0.115 e. The first-order chi connectivity index (χ1) is 19.7. The quantitative estimate of drug-likeness (QED) is 0.188. The highest BCUT2D eigenvalue weighted by molar-refractivity contribution is 5.16. The fraction of sp³-hybridized carbons (Fsp3) is 0.294. The number of hydrogen-bond acceptors (Lipinski definition) is 6. The second kappa shape index (κ2) is 16.7. The summed E-state index contributed by atoms with van der Waals surface area (Å²) in [6, 6.07) is 39.0. The van der Waals surface area contributed by atoms with Gasteiger partial charge in [0.25, 0.3) is 0 Å². The van der Waals surface area contributed by atoms with Crippen LogP contribution in [0.3, 0.4) is 0 Å². The zero-order valence-corrected chi connectivity index (χ0v) is 22.6. The summed E-state index contributed by atoms with van der Waals surface area (Å²) in [6.45, 7) is 1.20. The van der Waals surface area contributed by atoms with E-state index in [0.29, 0.717) is 13.2 Å². The average molecular weight is 543 g/mol. The largest absolute Gasteiger partial charge is 0.388 e. The van der Waals surface area contributed by atoms with E-state index in [9.17, 15) is 10.2 Å². The molecule has 4 unspecified atom stereocenters. The van der Waals surface area contributed by atoms with E-state index in [1.165, 1.54) is 0 Å². The van der Waals surface area contributed by atoms with Crippen LogP contribution in [0.15, 0.2) is 121 Å². The zero-order chi connectivity index (χ0) is 27.8. The van der Waals surface area contributed by atoms with Gasteiger partial charge in [-0.05, 0) is 22.3 Å². The molecule has 0 saturated heterocycles. The van der Waals surface area contributed by atoms with Crippen molar-refractivity contribution in [2.24, 2.45) is 0 Å². The summed E-state index contributed by atoms with van der Waals surface area (Å²) in [4.78, 5) is 0. The van der Waals surface area contributed by atoms with Gasteiger partial charge in [0, 0.05) is 0 Å². The van der Waals surface area contributed by atoms with E-state index in [0.717, 1.165) is 22.3 Å². The lowest BCUT2D eigenvalue weighted by Crippen LogP contribution is -2.50. The molecule has 4 aromatic rings. The number of rotatable bonds is 17. The minimum atomic E-state index is -1.06. The van der Waals surface area contributed by atoms with E-state index >= 15 is 0 Å². The Kier molecular flexibility index (Phi) is 12.3. The highest BCUT2D eigenvalue weighted by atomic mass is 16.6. The minimum Gasteiger partial charge on any atom is -0.388 e. The molecular formula is C34H38O6. The lowest BCUT2D eigenvalue weighted by atomic mass is 10.0. The van der Waals surface area contributed by atoms with Crippen molar-refractivity contribution in [1.29, 1.82) is 0 Å². The maximum absolute atomic E-state index is 11.3. The highest BCUT2D eigenvalue weighted by Gasteiger charge is 2.36. The fourth-order valence-corrected chi connectivity index (χ4v) is 4.32. The third-order valence-electron chi connectivity index (χ3n) is 6.45. The maximum atomic E-state index is 11.3. The van der Waals surface area contributed by atoms with Crippen LogP contribution in [0.2, 0.25) is 0 Å². The third-order valence-corrected chi connectivity index (χ3v) is 6.45. The van der Waals surface area contributed by atoms with Gasteiger partial charge in [0.05, 0.1) is 39.6 Å². The van der Waals surface area contributed by atoms with Gasteiger partial charge in [0.2, 0.25) is 0 Å². The predicted molar refractivity (Wildman–Crippen MR) is 154 cm³/mol. The number of benzene rings is 4. The Labute approximate surface area is 236 Å². The number of aliphatic hydroxyl groups excluding tert-OH is 2. The van der Waals surface area contributed by atoms with Crippen LogP contribution >= 0.6 is 0 Å². The molecule has 4 atom stereocenters. The van der Waals surface area contributed by atoms with Gasteiger partial charge in [-0.15, -0.1) is 0 Å². The van der Waals surface area contributed by atoms with Gasteiger partial charge in [-0.1, -0.05) is 121 Å². The summed E-state index contributed by atoms with van der Waals surface area (Å²) in [5, 5.41) is 22.6. The van der Waals surface area contributed by atoms with Crippen LogP contribution in [0.1, 0.15) is 22.3 Å². The summed E-state index contributed by atoms with van der Waals surface area (Å²) in [7, 11) is 0. The summed E-state index contributed by atoms with van der Waals surface area (Å²) in [6.07, 6.45) is -3.88. The molecular weight excluding hydrogens is 504 g/mol. The molecule has 6 nitrogen and oxygen atoms in total. The van der Waals surface area contributed by atoms with Crippen molar-refractivity contribution in [3.8, 4) is 0 Å². The Bertz CT molecular complexity index is 1090. The smallest absolute Gasteiger partial charge is 0.115 e. The summed E-state index contributed by atoms with van der Waals surface area (Å²) in [5.74, 6) is 0. The Morgan fingerprint density at radius 1 is 0.400 bits per heavy atom. The molecule has 0 fully saturated rings. The van der Waals surface area contributed by atoms with E-state index < -0.39 is 24.4 Å². The topological polar surface area (TPSA) is 77.4 Å². The van der Waals surface area contributed by atoms with Gasteiger partial charge < -0.3 is 29.2 Å². The van der Waals surface area contributed by atoms with Gasteiger partial charge >= 0.3 is 0 Å². The lowest BCUT2D eigenvalue weighted by molar-refractivity contribution is -0.184. The van der Waals surface area contributed by atoms with E-state index in [-0.39, 0.29) is 26.4 Å². The van der Waals surface area contributed by atoms with Crippen molar-refractivity contribution >= 4 is 0 Å². The van der Waals surface area contributed by atoms with Gasteiger partial charge in [-0.25, -0.2) is 0 Å². The molecule has 0 aliphatic heterocycles. The molecule has 0 aliphatic rings. The van der Waals surface area contributed by atoms with Crippen molar-refractivity contribution in [2.75, 3.05) is 13.2 Å². The molecule has 0 heterocycles. The molecule has 210 valence electrons. The molecule has 4 rings (SSSR count). The molecule has 0 bridgehead atoms. The Morgan fingerprint density at radius 2 is 0.675 bits per heavy atom. The normalized spacial score (nSPS) is 14.3. The van der Waals surface area contributed by atoms with E-state index in [4.69, 9.17) is 18.9 Å². The standard InChI is InChI=1S/C34H38O6/c35-31(25-37-21-27-13-5-1-6-14-27)33(39-23-29-17-9-3-10-18-29)34(40-24-30-19-11-4-12-20-30)32(36)26-38-22-28-15-7-2-8-16-28/h1-20,31-36H,21-26H2. The molecule has 6 heteroatoms. The third kappa shape index (κ3) is 9.99. The molecule has 40 heavy (non-hydrogen) atoms. The molecule has 0 saturated carbocycles. The average Bonchev–Trinajstić information content (AvgIpc) is 3.00. The monoisotopic (exact) mass is 542 g/mol. The summed E-state index contributed by atoms with van der Waals surface area (Å²) < 4.78 is 24.2. The molecule has 0 spiro atoms. The first kappa shape index (κ1) is 29.6. The first-order valence-electron chi connectivity index (χ1n) is 13.6.